The Hall–Kier alpha value is -1.10. The molecule has 0 amide bonds. The van der Waals surface area contributed by atoms with Crippen LogP contribution in [0.5, 0.6) is 0 Å². The Morgan fingerprint density at radius 2 is 1.52 bits per heavy atom. The predicted molar refractivity (Wildman–Crippen MR) is 80.9 cm³/mol. The zero-order valence-electron chi connectivity index (χ0n) is 13.4. The van der Waals surface area contributed by atoms with Crippen molar-refractivity contribution in [2.45, 2.75) is 52.4 Å². The van der Waals surface area contributed by atoms with Crippen LogP contribution in [0.3, 0.4) is 0 Å². The van der Waals surface area contributed by atoms with Gasteiger partial charge in [0.2, 0.25) is 0 Å². The van der Waals surface area contributed by atoms with Gasteiger partial charge in [0.05, 0.1) is 13.2 Å². The normalized spacial score (nSPS) is 16.0. The molecule has 0 saturated carbocycles. The lowest BCUT2D eigenvalue weighted by molar-refractivity contribution is -0.161. The third-order valence-electron chi connectivity index (χ3n) is 3.81. The van der Waals surface area contributed by atoms with E-state index in [1.807, 2.05) is 0 Å². The molecule has 0 atom stereocenters. The number of nitrogens with zero attached hydrogens (tertiary/aromatic N) is 1. The minimum Gasteiger partial charge on any atom is -0.465 e. The van der Waals surface area contributed by atoms with E-state index in [1.165, 1.54) is 32.4 Å². The van der Waals surface area contributed by atoms with E-state index in [4.69, 9.17) is 9.47 Å². The molecule has 21 heavy (non-hydrogen) atoms. The number of carbonyl (C=O) groups excluding carboxylic acids is 2. The van der Waals surface area contributed by atoms with Crippen molar-refractivity contribution in [3.63, 3.8) is 0 Å². The topological polar surface area (TPSA) is 55.8 Å². The van der Waals surface area contributed by atoms with E-state index in [9.17, 15) is 9.59 Å². The van der Waals surface area contributed by atoms with E-state index in [1.54, 1.807) is 13.8 Å². The summed E-state index contributed by atoms with van der Waals surface area (Å²) in [6, 6.07) is 0. The molecule has 1 saturated heterocycles. The number of hydrogen-bond donors (Lipinski definition) is 0. The lowest BCUT2D eigenvalue weighted by Gasteiger charge is -2.26. The molecule has 1 aliphatic heterocycles. The lowest BCUT2D eigenvalue weighted by Crippen LogP contribution is -2.31. The van der Waals surface area contributed by atoms with Crippen LogP contribution in [0.4, 0.5) is 0 Å². The predicted octanol–water partition coefficient (Wildman–Crippen LogP) is 2.39. The Balaban J connectivity index is 2.30. The first kappa shape index (κ1) is 18.0. The summed E-state index contributed by atoms with van der Waals surface area (Å²) in [7, 11) is 0. The average molecular weight is 299 g/mol. The van der Waals surface area contributed by atoms with E-state index in [0.717, 1.165) is 19.4 Å². The summed E-state index contributed by atoms with van der Waals surface area (Å²) < 4.78 is 9.94. The number of esters is 2. The number of likely N-dealkylation sites (tertiary alicyclic amines) is 1. The maximum atomic E-state index is 11.8. The van der Waals surface area contributed by atoms with Crippen LogP contribution in [-0.2, 0) is 19.1 Å². The fourth-order valence-corrected chi connectivity index (χ4v) is 2.68. The van der Waals surface area contributed by atoms with Crippen molar-refractivity contribution in [1.82, 2.24) is 4.90 Å². The number of piperidine rings is 1. The molecule has 5 nitrogen and oxygen atoms in total. The van der Waals surface area contributed by atoms with Crippen molar-refractivity contribution in [2.24, 2.45) is 5.92 Å². The van der Waals surface area contributed by atoms with Crippen LogP contribution >= 0.6 is 0 Å². The highest BCUT2D eigenvalue weighted by atomic mass is 16.6. The molecule has 1 aliphatic rings. The summed E-state index contributed by atoms with van der Waals surface area (Å²) in [5.74, 6) is -1.66. The van der Waals surface area contributed by atoms with E-state index in [0.29, 0.717) is 19.6 Å². The zero-order valence-corrected chi connectivity index (χ0v) is 13.4. The second-order valence-corrected chi connectivity index (χ2v) is 5.45. The van der Waals surface area contributed by atoms with Gasteiger partial charge < -0.3 is 14.4 Å². The fraction of sp³-hybridized carbons (Fsp3) is 0.875. The minimum absolute atomic E-state index is 0.294. The fourth-order valence-electron chi connectivity index (χ4n) is 2.68. The van der Waals surface area contributed by atoms with Gasteiger partial charge in [-0.3, -0.25) is 9.59 Å². The van der Waals surface area contributed by atoms with Crippen LogP contribution in [0.15, 0.2) is 0 Å². The number of ether oxygens (including phenoxy) is 2. The molecule has 0 aromatic heterocycles. The van der Waals surface area contributed by atoms with E-state index in [-0.39, 0.29) is 0 Å². The molecule has 0 aromatic rings. The maximum absolute atomic E-state index is 11.8. The second-order valence-electron chi connectivity index (χ2n) is 5.45. The van der Waals surface area contributed by atoms with Gasteiger partial charge in [0.15, 0.2) is 5.92 Å². The number of carbonyl (C=O) groups is 2. The van der Waals surface area contributed by atoms with Gasteiger partial charge >= 0.3 is 11.9 Å². The molecule has 0 unspecified atom stereocenters. The van der Waals surface area contributed by atoms with Crippen LogP contribution in [0.1, 0.15) is 52.4 Å². The highest BCUT2D eigenvalue weighted by Crippen LogP contribution is 2.15. The molecule has 5 heteroatoms. The third kappa shape index (κ3) is 6.93. The van der Waals surface area contributed by atoms with Gasteiger partial charge in [-0.15, -0.1) is 0 Å². The summed E-state index contributed by atoms with van der Waals surface area (Å²) in [6.45, 7) is 7.49. The molecule has 0 spiro atoms. The minimum atomic E-state index is -0.758. The average Bonchev–Trinajstić information content (AvgIpc) is 2.48. The van der Waals surface area contributed by atoms with Crippen molar-refractivity contribution >= 4 is 11.9 Å². The monoisotopic (exact) mass is 299 g/mol. The highest BCUT2D eigenvalue weighted by molar-refractivity contribution is 5.94. The van der Waals surface area contributed by atoms with Gasteiger partial charge in [0.1, 0.15) is 0 Å². The molecule has 122 valence electrons. The van der Waals surface area contributed by atoms with Crippen molar-refractivity contribution < 1.29 is 19.1 Å². The molecular weight excluding hydrogens is 270 g/mol. The summed E-state index contributed by atoms with van der Waals surface area (Å²) in [6.07, 6.45) is 6.28. The van der Waals surface area contributed by atoms with Crippen LogP contribution in [-0.4, -0.2) is 49.7 Å². The molecule has 0 bridgehead atoms. The first-order valence-corrected chi connectivity index (χ1v) is 8.24. The molecule has 1 rings (SSSR count). The second kappa shape index (κ2) is 10.6. The van der Waals surface area contributed by atoms with Crippen LogP contribution < -0.4 is 0 Å². The van der Waals surface area contributed by atoms with Gasteiger partial charge in [-0.05, 0) is 59.2 Å². The number of hydrogen-bond acceptors (Lipinski definition) is 5. The Labute approximate surface area is 128 Å². The van der Waals surface area contributed by atoms with Crippen molar-refractivity contribution in [1.29, 1.82) is 0 Å². The molecular formula is C16H29NO4. The summed E-state index contributed by atoms with van der Waals surface area (Å²) in [5, 5.41) is 0. The first-order chi connectivity index (χ1) is 10.2. The number of rotatable bonds is 9. The summed E-state index contributed by atoms with van der Waals surface area (Å²) >= 11 is 0. The quantitative estimate of drug-likeness (QED) is 0.372. The summed E-state index contributed by atoms with van der Waals surface area (Å²) in [5.41, 5.74) is 0. The molecule has 0 radical (unpaired) electrons. The SMILES string of the molecule is CCOC(=O)C(CCCCN1CCCCC1)C(=O)OCC. The van der Waals surface area contributed by atoms with E-state index < -0.39 is 17.9 Å². The molecule has 1 heterocycles. The van der Waals surface area contributed by atoms with Gasteiger partial charge in [-0.25, -0.2) is 0 Å². The van der Waals surface area contributed by atoms with E-state index >= 15 is 0 Å². The highest BCUT2D eigenvalue weighted by Gasteiger charge is 2.28. The van der Waals surface area contributed by atoms with Crippen LogP contribution in [0.2, 0.25) is 0 Å². The number of unbranched alkanes of at least 4 members (excludes halogenated alkanes) is 1. The lowest BCUT2D eigenvalue weighted by atomic mass is 10.0. The van der Waals surface area contributed by atoms with Crippen LogP contribution in [0, 0.1) is 5.92 Å². The van der Waals surface area contributed by atoms with Crippen molar-refractivity contribution in [2.75, 3.05) is 32.8 Å². The largest absolute Gasteiger partial charge is 0.465 e. The van der Waals surface area contributed by atoms with Gasteiger partial charge in [-0.2, -0.15) is 0 Å². The van der Waals surface area contributed by atoms with Crippen molar-refractivity contribution in [3.05, 3.63) is 0 Å². The van der Waals surface area contributed by atoms with Crippen LogP contribution in [0.25, 0.3) is 0 Å². The third-order valence-corrected chi connectivity index (χ3v) is 3.81. The first-order valence-electron chi connectivity index (χ1n) is 8.24. The molecule has 0 aliphatic carbocycles. The Kier molecular flexibility index (Phi) is 9.06. The van der Waals surface area contributed by atoms with E-state index in [2.05, 4.69) is 4.90 Å². The standard InChI is InChI=1S/C16H29NO4/c1-3-20-15(18)14(16(19)21-4-2)10-6-9-13-17-11-7-5-8-12-17/h14H,3-13H2,1-2H3. The Bertz CT molecular complexity index is 295. The van der Waals surface area contributed by atoms with Gasteiger partial charge in [-0.1, -0.05) is 12.8 Å². The van der Waals surface area contributed by atoms with Crippen molar-refractivity contribution in [3.8, 4) is 0 Å². The summed E-state index contributed by atoms with van der Waals surface area (Å²) in [4.78, 5) is 26.1. The molecule has 0 aromatic carbocycles. The zero-order chi connectivity index (χ0) is 15.5. The molecule has 0 N–H and O–H groups in total. The van der Waals surface area contributed by atoms with Gasteiger partial charge in [0, 0.05) is 0 Å². The maximum Gasteiger partial charge on any atom is 0.320 e. The molecule has 1 fully saturated rings. The Morgan fingerprint density at radius 3 is 2.05 bits per heavy atom. The van der Waals surface area contributed by atoms with Gasteiger partial charge in [0.25, 0.3) is 0 Å². The smallest absolute Gasteiger partial charge is 0.320 e. The Morgan fingerprint density at radius 1 is 0.952 bits per heavy atom.